The summed E-state index contributed by atoms with van der Waals surface area (Å²) in [6, 6.07) is 13.0. The first-order chi connectivity index (χ1) is 14.7. The van der Waals surface area contributed by atoms with E-state index in [9.17, 15) is 4.39 Å². The van der Waals surface area contributed by atoms with E-state index >= 15 is 0 Å². The van der Waals surface area contributed by atoms with Crippen LogP contribution in [0.15, 0.2) is 70.8 Å². The molecule has 1 aliphatic carbocycles. The third-order valence-electron chi connectivity index (χ3n) is 5.90. The van der Waals surface area contributed by atoms with E-state index in [0.29, 0.717) is 28.6 Å². The normalized spacial score (nSPS) is 17.8. The number of hydrogen-bond donors (Lipinski definition) is 0. The van der Waals surface area contributed by atoms with E-state index in [1.807, 2.05) is 17.6 Å². The minimum atomic E-state index is -0.272. The average molecular weight is 398 g/mol. The molecule has 1 fully saturated rings. The van der Waals surface area contributed by atoms with Crippen LogP contribution in [0.5, 0.6) is 0 Å². The van der Waals surface area contributed by atoms with Crippen LogP contribution in [0.4, 0.5) is 4.39 Å². The van der Waals surface area contributed by atoms with Crippen LogP contribution < -0.4 is 0 Å². The highest BCUT2D eigenvalue weighted by Crippen LogP contribution is 2.43. The minimum Gasteiger partial charge on any atom is -0.442 e. The van der Waals surface area contributed by atoms with Gasteiger partial charge in [-0.2, -0.15) is 0 Å². The highest BCUT2D eigenvalue weighted by atomic mass is 19.1. The molecule has 6 heteroatoms. The Morgan fingerprint density at radius 3 is 2.73 bits per heavy atom. The van der Waals surface area contributed by atoms with Crippen LogP contribution in [0.25, 0.3) is 17.1 Å². The van der Waals surface area contributed by atoms with Crippen molar-refractivity contribution in [1.82, 2.24) is 14.5 Å². The third-order valence-corrected chi connectivity index (χ3v) is 5.90. The summed E-state index contributed by atoms with van der Waals surface area (Å²) in [5.74, 6) is 0.910. The molecule has 2 aliphatic rings. The molecule has 148 valence electrons. The molecule has 0 amide bonds. The second-order valence-corrected chi connectivity index (χ2v) is 7.90. The molecule has 6 rings (SSSR count). The van der Waals surface area contributed by atoms with Gasteiger partial charge in [0.2, 0.25) is 0 Å². The Morgan fingerprint density at radius 2 is 1.97 bits per heavy atom. The molecular weight excluding hydrogens is 379 g/mol. The zero-order valence-electron chi connectivity index (χ0n) is 16.4. The summed E-state index contributed by atoms with van der Waals surface area (Å²) < 4.78 is 22.4. The maximum Gasteiger partial charge on any atom is 0.181 e. The van der Waals surface area contributed by atoms with Crippen LogP contribution in [-0.2, 0) is 0 Å². The molecule has 0 saturated heterocycles. The van der Waals surface area contributed by atoms with Crippen molar-refractivity contribution in [3.05, 3.63) is 89.6 Å². The fourth-order valence-corrected chi connectivity index (χ4v) is 4.29. The molecule has 30 heavy (non-hydrogen) atoms. The van der Waals surface area contributed by atoms with Crippen molar-refractivity contribution in [3.63, 3.8) is 0 Å². The molecule has 1 atom stereocenters. The quantitative estimate of drug-likeness (QED) is 0.461. The molecule has 0 N–H and O–H groups in total. The first kappa shape index (κ1) is 17.3. The number of imidazole rings is 1. The van der Waals surface area contributed by atoms with Crippen molar-refractivity contribution in [1.29, 1.82) is 0 Å². The van der Waals surface area contributed by atoms with Gasteiger partial charge >= 0.3 is 0 Å². The van der Waals surface area contributed by atoms with Crippen molar-refractivity contribution in [3.8, 4) is 17.1 Å². The first-order valence-electron chi connectivity index (χ1n) is 10.1. The first-order valence-corrected chi connectivity index (χ1v) is 10.1. The Bertz CT molecular complexity index is 1280. The molecule has 0 radical (unpaired) electrons. The fraction of sp³-hybridized carbons (Fsp3) is 0.208. The zero-order chi connectivity index (χ0) is 20.2. The van der Waals surface area contributed by atoms with Crippen molar-refractivity contribution >= 4 is 5.71 Å². The lowest BCUT2D eigenvalue weighted by atomic mass is 9.96. The van der Waals surface area contributed by atoms with Crippen LogP contribution >= 0.6 is 0 Å². The predicted molar refractivity (Wildman–Crippen MR) is 111 cm³/mol. The molecule has 0 bridgehead atoms. The molecule has 1 saturated carbocycles. The predicted octanol–water partition coefficient (Wildman–Crippen LogP) is 5.46. The van der Waals surface area contributed by atoms with E-state index in [1.54, 1.807) is 24.7 Å². The summed E-state index contributed by atoms with van der Waals surface area (Å²) in [5.41, 5.74) is 5.94. The van der Waals surface area contributed by atoms with Gasteiger partial charge in [-0.25, -0.2) is 14.4 Å². The summed E-state index contributed by atoms with van der Waals surface area (Å²) in [6.45, 7) is 2.00. The van der Waals surface area contributed by atoms with Gasteiger partial charge in [0.25, 0.3) is 0 Å². The highest BCUT2D eigenvalue weighted by Gasteiger charge is 2.30. The molecule has 3 heterocycles. The number of halogens is 1. The molecule has 2 aromatic carbocycles. The Balaban J connectivity index is 1.63. The van der Waals surface area contributed by atoms with Crippen molar-refractivity contribution in [2.45, 2.75) is 31.7 Å². The van der Waals surface area contributed by atoms with Gasteiger partial charge in [-0.05, 0) is 55.5 Å². The van der Waals surface area contributed by atoms with Gasteiger partial charge in [0, 0.05) is 11.1 Å². The van der Waals surface area contributed by atoms with Gasteiger partial charge in [0.1, 0.15) is 17.8 Å². The molecule has 2 aromatic heterocycles. The van der Waals surface area contributed by atoms with E-state index in [4.69, 9.17) is 9.41 Å². The smallest absolute Gasteiger partial charge is 0.181 e. The molecule has 5 nitrogen and oxygen atoms in total. The van der Waals surface area contributed by atoms with E-state index in [1.165, 1.54) is 30.9 Å². The SMILES string of the molecule is C[C@H]1N=C(c2ccccc2F)c2cc(C3CC3)ccc2-n2cnc(-c3cnco3)c21. The van der Waals surface area contributed by atoms with Crippen LogP contribution in [0.2, 0.25) is 0 Å². The number of nitrogens with zero attached hydrogens (tertiary/aromatic N) is 4. The molecular formula is C24H19FN4O. The summed E-state index contributed by atoms with van der Waals surface area (Å²) >= 11 is 0. The fourth-order valence-electron chi connectivity index (χ4n) is 4.29. The van der Waals surface area contributed by atoms with Crippen molar-refractivity contribution < 1.29 is 8.81 Å². The highest BCUT2D eigenvalue weighted by molar-refractivity contribution is 6.15. The number of fused-ring (bicyclic) bond motifs is 3. The van der Waals surface area contributed by atoms with Crippen LogP contribution in [0.1, 0.15) is 54.1 Å². The van der Waals surface area contributed by atoms with Gasteiger partial charge in [-0.3, -0.25) is 9.56 Å². The second-order valence-electron chi connectivity index (χ2n) is 7.90. The summed E-state index contributed by atoms with van der Waals surface area (Å²) in [4.78, 5) is 13.6. The summed E-state index contributed by atoms with van der Waals surface area (Å²) in [7, 11) is 0. The van der Waals surface area contributed by atoms with Gasteiger partial charge in [-0.1, -0.05) is 18.2 Å². The maximum atomic E-state index is 14.8. The second kappa shape index (κ2) is 6.49. The Kier molecular flexibility index (Phi) is 3.75. The lowest BCUT2D eigenvalue weighted by Gasteiger charge is -2.14. The number of oxazole rings is 1. The number of rotatable bonds is 3. The topological polar surface area (TPSA) is 56.2 Å². The monoisotopic (exact) mass is 398 g/mol. The van der Waals surface area contributed by atoms with Crippen LogP contribution in [-0.4, -0.2) is 20.2 Å². The van der Waals surface area contributed by atoms with E-state index in [2.05, 4.69) is 28.2 Å². The minimum absolute atomic E-state index is 0.251. The molecule has 4 aromatic rings. The number of benzene rings is 2. The van der Waals surface area contributed by atoms with E-state index < -0.39 is 0 Å². The van der Waals surface area contributed by atoms with E-state index in [-0.39, 0.29) is 11.9 Å². The Morgan fingerprint density at radius 1 is 1.10 bits per heavy atom. The van der Waals surface area contributed by atoms with Crippen molar-refractivity contribution in [2.75, 3.05) is 0 Å². The third kappa shape index (κ3) is 2.64. The zero-order valence-corrected chi connectivity index (χ0v) is 16.4. The number of aliphatic imine (C=N–C) groups is 1. The lowest BCUT2D eigenvalue weighted by molar-refractivity contribution is 0.568. The molecule has 1 aliphatic heterocycles. The standard InChI is InChI=1S/C24H19FN4O/c1-14-24-23(21-11-26-13-30-21)27-12-29(24)20-9-8-16(15-6-7-15)10-18(20)22(28-14)17-4-2-3-5-19(17)25/h2-5,8-15H,6-7H2,1H3/t14-/m1/s1. The van der Waals surface area contributed by atoms with Crippen LogP contribution in [0, 0.1) is 5.82 Å². The van der Waals surface area contributed by atoms with E-state index in [0.717, 1.165) is 16.9 Å². The molecule has 0 spiro atoms. The Labute approximate surface area is 172 Å². The van der Waals surface area contributed by atoms with Gasteiger partial charge in [0.15, 0.2) is 12.2 Å². The van der Waals surface area contributed by atoms with Gasteiger partial charge in [-0.15, -0.1) is 0 Å². The molecule has 0 unspecified atom stereocenters. The summed E-state index contributed by atoms with van der Waals surface area (Å²) in [5, 5.41) is 0. The van der Waals surface area contributed by atoms with Gasteiger partial charge in [0.05, 0.1) is 29.3 Å². The average Bonchev–Trinajstić information content (AvgIpc) is 3.31. The Hall–Kier alpha value is -3.54. The number of hydrogen-bond acceptors (Lipinski definition) is 4. The van der Waals surface area contributed by atoms with Crippen LogP contribution in [0.3, 0.4) is 0 Å². The van der Waals surface area contributed by atoms with Gasteiger partial charge < -0.3 is 4.42 Å². The van der Waals surface area contributed by atoms with Crippen molar-refractivity contribution in [2.24, 2.45) is 4.99 Å². The summed E-state index contributed by atoms with van der Waals surface area (Å²) in [6.07, 6.45) is 7.24. The maximum absolute atomic E-state index is 14.8. The lowest BCUT2D eigenvalue weighted by Crippen LogP contribution is -2.09. The number of aromatic nitrogens is 3. The largest absolute Gasteiger partial charge is 0.442 e.